The monoisotopic (exact) mass is 264 g/mol. The van der Waals surface area contributed by atoms with Gasteiger partial charge in [0.05, 0.1) is 5.56 Å². The van der Waals surface area contributed by atoms with Crippen LogP contribution in [0.25, 0.3) is 0 Å². The van der Waals surface area contributed by atoms with Gasteiger partial charge in [-0.15, -0.1) is 0 Å². The molecule has 18 heavy (non-hydrogen) atoms. The molecule has 2 aromatic carbocycles. The van der Waals surface area contributed by atoms with E-state index in [0.717, 1.165) is 5.02 Å². The lowest BCUT2D eigenvalue weighted by molar-refractivity contribution is 0.0697. The van der Waals surface area contributed by atoms with E-state index in [1.165, 1.54) is 29.8 Å². The minimum atomic E-state index is -0.986. The number of halogens is 1. The number of hydrogen-bond acceptors (Lipinski definition) is 2. The van der Waals surface area contributed by atoms with Crippen molar-refractivity contribution in [2.75, 3.05) is 0 Å². The van der Waals surface area contributed by atoms with Crippen LogP contribution in [0.3, 0.4) is 0 Å². The SMILES string of the molecule is Cc1ccc(Cl)cc1.O=C(O)c1ccc(O)cc1. The van der Waals surface area contributed by atoms with Crippen molar-refractivity contribution in [3.8, 4) is 5.75 Å². The van der Waals surface area contributed by atoms with E-state index in [9.17, 15) is 4.79 Å². The topological polar surface area (TPSA) is 57.5 Å². The summed E-state index contributed by atoms with van der Waals surface area (Å²) in [7, 11) is 0. The lowest BCUT2D eigenvalue weighted by atomic mass is 10.2. The molecule has 0 bridgehead atoms. The Balaban J connectivity index is 0.000000184. The number of aromatic hydroxyl groups is 1. The summed E-state index contributed by atoms with van der Waals surface area (Å²) in [5.74, 6) is -0.912. The van der Waals surface area contributed by atoms with E-state index in [-0.39, 0.29) is 11.3 Å². The lowest BCUT2D eigenvalue weighted by Gasteiger charge is -1.92. The molecule has 0 spiro atoms. The van der Waals surface area contributed by atoms with Gasteiger partial charge in [-0.2, -0.15) is 0 Å². The fourth-order valence-corrected chi connectivity index (χ4v) is 1.26. The minimum Gasteiger partial charge on any atom is -0.508 e. The van der Waals surface area contributed by atoms with Crippen molar-refractivity contribution in [1.29, 1.82) is 0 Å². The number of carboxylic acid groups (broad SMARTS) is 1. The zero-order valence-corrected chi connectivity index (χ0v) is 10.6. The van der Waals surface area contributed by atoms with Crippen molar-refractivity contribution in [2.24, 2.45) is 0 Å². The van der Waals surface area contributed by atoms with Crippen LogP contribution in [0.2, 0.25) is 5.02 Å². The van der Waals surface area contributed by atoms with Gasteiger partial charge >= 0.3 is 5.97 Å². The number of phenols is 1. The van der Waals surface area contributed by atoms with Gasteiger partial charge in [0.15, 0.2) is 0 Å². The third-order valence-corrected chi connectivity index (χ3v) is 2.38. The number of aryl methyl sites for hydroxylation is 1. The summed E-state index contributed by atoms with van der Waals surface area (Å²) < 4.78 is 0. The van der Waals surface area contributed by atoms with E-state index in [0.29, 0.717) is 0 Å². The van der Waals surface area contributed by atoms with Crippen LogP contribution in [-0.2, 0) is 0 Å². The second-order valence-electron chi connectivity index (χ2n) is 3.65. The maximum atomic E-state index is 10.2. The van der Waals surface area contributed by atoms with E-state index in [1.807, 2.05) is 31.2 Å². The summed E-state index contributed by atoms with van der Waals surface area (Å²) >= 11 is 5.61. The molecule has 0 radical (unpaired) electrons. The highest BCUT2D eigenvalue weighted by Gasteiger charge is 1.99. The number of phenolic OH excluding ortho intramolecular Hbond substituents is 1. The fraction of sp³-hybridized carbons (Fsp3) is 0.0714. The second-order valence-corrected chi connectivity index (χ2v) is 4.08. The molecule has 0 aromatic heterocycles. The Morgan fingerprint density at radius 3 is 1.89 bits per heavy atom. The number of carboxylic acids is 1. The summed E-state index contributed by atoms with van der Waals surface area (Å²) in [6, 6.07) is 13.1. The van der Waals surface area contributed by atoms with Crippen LogP contribution >= 0.6 is 11.6 Å². The maximum Gasteiger partial charge on any atom is 0.335 e. The molecule has 94 valence electrons. The third kappa shape index (κ3) is 4.89. The van der Waals surface area contributed by atoms with Gasteiger partial charge in [-0.05, 0) is 43.3 Å². The molecule has 0 atom stereocenters. The first-order chi connectivity index (χ1) is 8.49. The van der Waals surface area contributed by atoms with Gasteiger partial charge in [0.2, 0.25) is 0 Å². The smallest absolute Gasteiger partial charge is 0.335 e. The molecule has 0 aliphatic rings. The molecule has 3 nitrogen and oxygen atoms in total. The summed E-state index contributed by atoms with van der Waals surface area (Å²) in [6.45, 7) is 2.04. The summed E-state index contributed by atoms with van der Waals surface area (Å²) in [4.78, 5) is 10.2. The normalized spacial score (nSPS) is 9.22. The fourth-order valence-electron chi connectivity index (χ4n) is 1.14. The zero-order valence-electron chi connectivity index (χ0n) is 9.80. The Kier molecular flexibility index (Phi) is 5.21. The van der Waals surface area contributed by atoms with Crippen LogP contribution in [0.5, 0.6) is 5.75 Å². The average molecular weight is 265 g/mol. The summed E-state index contributed by atoms with van der Waals surface area (Å²) in [5.41, 5.74) is 1.42. The Labute approximate surface area is 110 Å². The van der Waals surface area contributed by atoms with Gasteiger partial charge in [0.1, 0.15) is 5.75 Å². The number of aromatic carboxylic acids is 1. The van der Waals surface area contributed by atoms with Gasteiger partial charge in [0, 0.05) is 5.02 Å². The van der Waals surface area contributed by atoms with Crippen LogP contribution < -0.4 is 0 Å². The van der Waals surface area contributed by atoms with Crippen LogP contribution in [0, 0.1) is 6.92 Å². The molecule has 2 N–H and O–H groups in total. The van der Waals surface area contributed by atoms with Crippen LogP contribution in [0.1, 0.15) is 15.9 Å². The molecule has 4 heteroatoms. The van der Waals surface area contributed by atoms with Gasteiger partial charge in [-0.3, -0.25) is 0 Å². The van der Waals surface area contributed by atoms with Crippen molar-refractivity contribution in [1.82, 2.24) is 0 Å². The molecule has 0 aliphatic carbocycles. The molecular weight excluding hydrogens is 252 g/mol. The molecule has 2 aromatic rings. The lowest BCUT2D eigenvalue weighted by Crippen LogP contribution is -1.93. The van der Waals surface area contributed by atoms with Crippen LogP contribution in [-0.4, -0.2) is 16.2 Å². The predicted molar refractivity (Wildman–Crippen MR) is 71.3 cm³/mol. The molecule has 0 fully saturated rings. The van der Waals surface area contributed by atoms with E-state index < -0.39 is 5.97 Å². The minimum absolute atomic E-state index is 0.0741. The Bertz CT molecular complexity index is 483. The largest absolute Gasteiger partial charge is 0.508 e. The van der Waals surface area contributed by atoms with Crippen molar-refractivity contribution in [3.05, 3.63) is 64.7 Å². The highest BCUT2D eigenvalue weighted by Crippen LogP contribution is 2.09. The first kappa shape index (κ1) is 14.1. The van der Waals surface area contributed by atoms with Crippen molar-refractivity contribution in [2.45, 2.75) is 6.92 Å². The first-order valence-electron chi connectivity index (χ1n) is 5.23. The molecule has 0 heterocycles. The summed E-state index contributed by atoms with van der Waals surface area (Å²) in [5, 5.41) is 17.9. The van der Waals surface area contributed by atoms with Crippen molar-refractivity contribution in [3.63, 3.8) is 0 Å². The van der Waals surface area contributed by atoms with Crippen LogP contribution in [0.4, 0.5) is 0 Å². The number of carbonyl (C=O) groups is 1. The standard InChI is InChI=1S/C7H7Cl.C7H6O3/c1-6-2-4-7(8)5-3-6;8-6-3-1-5(2-4-6)7(9)10/h2-5H,1H3;1-4,8H,(H,9,10). The van der Waals surface area contributed by atoms with Gasteiger partial charge in [-0.25, -0.2) is 4.79 Å². The molecule has 2 rings (SSSR count). The average Bonchev–Trinajstić information content (AvgIpc) is 2.34. The van der Waals surface area contributed by atoms with E-state index in [2.05, 4.69) is 0 Å². The van der Waals surface area contributed by atoms with Gasteiger partial charge in [-0.1, -0.05) is 29.3 Å². The van der Waals surface area contributed by atoms with Gasteiger partial charge < -0.3 is 10.2 Å². The molecule has 0 saturated heterocycles. The predicted octanol–water partition coefficient (Wildman–Crippen LogP) is 3.74. The number of rotatable bonds is 1. The van der Waals surface area contributed by atoms with Gasteiger partial charge in [0.25, 0.3) is 0 Å². The first-order valence-corrected chi connectivity index (χ1v) is 5.61. The highest BCUT2D eigenvalue weighted by atomic mass is 35.5. The maximum absolute atomic E-state index is 10.2. The van der Waals surface area contributed by atoms with Crippen molar-refractivity contribution < 1.29 is 15.0 Å². The third-order valence-electron chi connectivity index (χ3n) is 2.13. The Morgan fingerprint density at radius 2 is 1.50 bits per heavy atom. The highest BCUT2D eigenvalue weighted by molar-refractivity contribution is 6.30. The molecule has 0 amide bonds. The molecule has 0 unspecified atom stereocenters. The van der Waals surface area contributed by atoms with Crippen LogP contribution in [0.15, 0.2) is 48.5 Å². The van der Waals surface area contributed by atoms with Crippen molar-refractivity contribution >= 4 is 17.6 Å². The molecule has 0 aliphatic heterocycles. The number of hydrogen-bond donors (Lipinski definition) is 2. The van der Waals surface area contributed by atoms with E-state index in [4.69, 9.17) is 21.8 Å². The van der Waals surface area contributed by atoms with E-state index >= 15 is 0 Å². The molecule has 0 saturated carbocycles. The quantitative estimate of drug-likeness (QED) is 0.825. The Hall–Kier alpha value is -2.00. The second kappa shape index (κ2) is 6.67. The zero-order chi connectivity index (χ0) is 13.5. The summed E-state index contributed by atoms with van der Waals surface area (Å²) in [6.07, 6.45) is 0. The van der Waals surface area contributed by atoms with E-state index in [1.54, 1.807) is 0 Å². The Morgan fingerprint density at radius 1 is 1.00 bits per heavy atom. The number of benzene rings is 2. The molecular formula is C14H13ClO3.